The van der Waals surface area contributed by atoms with Crippen molar-refractivity contribution in [1.29, 1.82) is 0 Å². The third-order valence-electron chi connectivity index (χ3n) is 2.83. The summed E-state index contributed by atoms with van der Waals surface area (Å²) in [4.78, 5) is 23.1. The van der Waals surface area contributed by atoms with E-state index in [2.05, 4.69) is 15.9 Å². The number of hydrogen-bond donors (Lipinski definition) is 1. The highest BCUT2D eigenvalue weighted by Gasteiger charge is 2.16. The van der Waals surface area contributed by atoms with Crippen molar-refractivity contribution in [2.75, 3.05) is 0 Å². The van der Waals surface area contributed by atoms with Crippen LogP contribution in [0.1, 0.15) is 26.3 Å². The SMILES string of the molecule is Cc1ccc(C(=O)C[n+]2cc(Br)cc(C(=O)O)c2)cc1. The molecule has 0 aliphatic heterocycles. The van der Waals surface area contributed by atoms with Crippen LogP contribution in [0.2, 0.25) is 0 Å². The van der Waals surface area contributed by atoms with Gasteiger partial charge in [-0.15, -0.1) is 0 Å². The van der Waals surface area contributed by atoms with E-state index < -0.39 is 5.97 Å². The number of carboxylic acids is 1. The first-order valence-corrected chi connectivity index (χ1v) is 6.78. The lowest BCUT2D eigenvalue weighted by Gasteiger charge is -2.01. The fourth-order valence-electron chi connectivity index (χ4n) is 1.80. The molecule has 0 atom stereocenters. The number of hydrogen-bond acceptors (Lipinski definition) is 2. The molecule has 0 unspecified atom stereocenters. The topological polar surface area (TPSA) is 58.2 Å². The van der Waals surface area contributed by atoms with Crippen molar-refractivity contribution in [2.45, 2.75) is 13.5 Å². The summed E-state index contributed by atoms with van der Waals surface area (Å²) in [7, 11) is 0. The van der Waals surface area contributed by atoms with Gasteiger partial charge in [-0.2, -0.15) is 4.57 Å². The van der Waals surface area contributed by atoms with Crippen LogP contribution in [0, 0.1) is 6.92 Å². The monoisotopic (exact) mass is 334 g/mol. The summed E-state index contributed by atoms with van der Waals surface area (Å²) in [6.07, 6.45) is 3.12. The summed E-state index contributed by atoms with van der Waals surface area (Å²) in [5.41, 5.74) is 1.83. The van der Waals surface area contributed by atoms with Crippen LogP contribution in [0.15, 0.2) is 47.2 Å². The molecule has 1 aromatic heterocycles. The Balaban J connectivity index is 2.23. The maximum absolute atomic E-state index is 12.1. The second-order valence-corrected chi connectivity index (χ2v) is 5.43. The molecule has 0 spiro atoms. The molecule has 0 fully saturated rings. The quantitative estimate of drug-likeness (QED) is 0.690. The van der Waals surface area contributed by atoms with Crippen molar-refractivity contribution in [2.24, 2.45) is 0 Å². The van der Waals surface area contributed by atoms with Crippen LogP contribution in [0.4, 0.5) is 0 Å². The van der Waals surface area contributed by atoms with E-state index in [0.717, 1.165) is 5.56 Å². The van der Waals surface area contributed by atoms with Crippen LogP contribution in [-0.4, -0.2) is 16.9 Å². The molecule has 1 aromatic carbocycles. The Morgan fingerprint density at radius 3 is 2.40 bits per heavy atom. The van der Waals surface area contributed by atoms with E-state index in [-0.39, 0.29) is 17.9 Å². The highest BCUT2D eigenvalue weighted by molar-refractivity contribution is 9.10. The summed E-state index contributed by atoms with van der Waals surface area (Å²) < 4.78 is 2.18. The Kier molecular flexibility index (Phi) is 4.29. The van der Waals surface area contributed by atoms with Crippen LogP contribution >= 0.6 is 15.9 Å². The average molecular weight is 335 g/mol. The van der Waals surface area contributed by atoms with Crippen LogP contribution in [-0.2, 0) is 6.54 Å². The molecule has 1 heterocycles. The number of halogens is 1. The Labute approximate surface area is 124 Å². The molecule has 0 aliphatic carbocycles. The molecule has 0 saturated heterocycles. The number of aromatic carboxylic acids is 1. The van der Waals surface area contributed by atoms with Crippen LogP contribution < -0.4 is 4.57 Å². The number of carboxylic acid groups (broad SMARTS) is 1. The standard InChI is InChI=1S/C15H12BrNO3/c1-10-2-4-11(5-3-10)14(18)9-17-7-12(15(19)20)6-13(16)8-17/h2-8H,9H2,1H3/p+1. The van der Waals surface area contributed by atoms with Crippen molar-refractivity contribution >= 4 is 27.7 Å². The van der Waals surface area contributed by atoms with E-state index in [1.165, 1.54) is 12.3 Å². The molecule has 20 heavy (non-hydrogen) atoms. The maximum atomic E-state index is 12.1. The molecule has 2 rings (SSSR count). The van der Waals surface area contributed by atoms with E-state index in [0.29, 0.717) is 10.0 Å². The number of nitrogens with zero attached hydrogens (tertiary/aromatic N) is 1. The van der Waals surface area contributed by atoms with E-state index in [1.54, 1.807) is 22.9 Å². The van der Waals surface area contributed by atoms with Crippen molar-refractivity contribution in [3.8, 4) is 0 Å². The lowest BCUT2D eigenvalue weighted by molar-refractivity contribution is -0.683. The van der Waals surface area contributed by atoms with E-state index in [1.807, 2.05) is 19.1 Å². The van der Waals surface area contributed by atoms with E-state index >= 15 is 0 Å². The van der Waals surface area contributed by atoms with Crippen molar-refractivity contribution < 1.29 is 19.3 Å². The van der Waals surface area contributed by atoms with Gasteiger partial charge in [0.25, 0.3) is 0 Å². The van der Waals surface area contributed by atoms with Gasteiger partial charge in [-0.05, 0) is 28.9 Å². The lowest BCUT2D eigenvalue weighted by Crippen LogP contribution is -2.38. The summed E-state index contributed by atoms with van der Waals surface area (Å²) in [5.74, 6) is -1.09. The van der Waals surface area contributed by atoms with E-state index in [9.17, 15) is 9.59 Å². The third kappa shape index (κ3) is 3.51. The van der Waals surface area contributed by atoms with Gasteiger partial charge in [0.2, 0.25) is 12.3 Å². The number of Topliss-reactive ketones (excluding diaryl/α,β-unsaturated/α-hetero) is 1. The fraction of sp³-hybridized carbons (Fsp3) is 0.133. The first-order valence-electron chi connectivity index (χ1n) is 5.98. The molecule has 0 radical (unpaired) electrons. The van der Waals surface area contributed by atoms with Crippen LogP contribution in [0.3, 0.4) is 0 Å². The molecule has 5 heteroatoms. The smallest absolute Gasteiger partial charge is 0.341 e. The van der Waals surface area contributed by atoms with Gasteiger partial charge in [0.15, 0.2) is 12.4 Å². The van der Waals surface area contributed by atoms with Crippen molar-refractivity contribution in [1.82, 2.24) is 0 Å². The zero-order chi connectivity index (χ0) is 14.7. The zero-order valence-electron chi connectivity index (χ0n) is 10.8. The Morgan fingerprint density at radius 1 is 1.15 bits per heavy atom. The maximum Gasteiger partial charge on any atom is 0.341 e. The van der Waals surface area contributed by atoms with Gasteiger partial charge in [0.1, 0.15) is 5.56 Å². The molecule has 102 valence electrons. The predicted molar refractivity (Wildman–Crippen MR) is 76.8 cm³/mol. The fourth-order valence-corrected chi connectivity index (χ4v) is 2.31. The number of benzene rings is 1. The summed E-state index contributed by atoms with van der Waals surface area (Å²) in [6.45, 7) is 2.05. The van der Waals surface area contributed by atoms with Crippen LogP contribution in [0.25, 0.3) is 0 Å². The number of rotatable bonds is 4. The first kappa shape index (κ1) is 14.4. The minimum Gasteiger partial charge on any atom is -0.477 e. The van der Waals surface area contributed by atoms with Gasteiger partial charge in [-0.3, -0.25) is 4.79 Å². The average Bonchev–Trinajstić information content (AvgIpc) is 2.38. The normalized spacial score (nSPS) is 10.3. The predicted octanol–water partition coefficient (Wildman–Crippen LogP) is 2.63. The number of aromatic nitrogens is 1. The zero-order valence-corrected chi connectivity index (χ0v) is 12.4. The minimum atomic E-state index is -1.03. The molecule has 2 aromatic rings. The van der Waals surface area contributed by atoms with Gasteiger partial charge in [0, 0.05) is 5.56 Å². The highest BCUT2D eigenvalue weighted by Crippen LogP contribution is 2.09. The largest absolute Gasteiger partial charge is 0.477 e. The Morgan fingerprint density at radius 2 is 1.80 bits per heavy atom. The van der Waals surface area contributed by atoms with Gasteiger partial charge < -0.3 is 5.11 Å². The lowest BCUT2D eigenvalue weighted by atomic mass is 10.1. The Hall–Kier alpha value is -2.01. The van der Waals surface area contributed by atoms with E-state index in [4.69, 9.17) is 5.11 Å². The number of ketones is 1. The van der Waals surface area contributed by atoms with Crippen molar-refractivity contribution in [3.63, 3.8) is 0 Å². The molecule has 0 aliphatic rings. The number of aryl methyl sites for hydroxylation is 1. The van der Waals surface area contributed by atoms with Gasteiger partial charge in [-0.25, -0.2) is 4.79 Å². The van der Waals surface area contributed by atoms with Crippen LogP contribution in [0.5, 0.6) is 0 Å². The Bertz CT molecular complexity index is 665. The van der Waals surface area contributed by atoms with Gasteiger partial charge >= 0.3 is 5.97 Å². The number of carbonyl (C=O) groups excluding carboxylic acids is 1. The molecular formula is C15H13BrNO3+. The summed E-state index contributed by atoms with van der Waals surface area (Å²) in [6, 6.07) is 8.79. The summed E-state index contributed by atoms with van der Waals surface area (Å²) >= 11 is 3.24. The number of pyridine rings is 1. The number of carbonyl (C=O) groups is 2. The second kappa shape index (κ2) is 5.96. The molecule has 0 saturated carbocycles. The second-order valence-electron chi connectivity index (χ2n) is 4.51. The third-order valence-corrected chi connectivity index (χ3v) is 3.27. The first-order chi connectivity index (χ1) is 9.45. The summed E-state index contributed by atoms with van der Waals surface area (Å²) in [5, 5.41) is 9.00. The molecule has 1 N–H and O–H groups in total. The molecular weight excluding hydrogens is 322 g/mol. The van der Waals surface area contributed by atoms with Gasteiger partial charge in [-0.1, -0.05) is 29.8 Å². The molecule has 0 bridgehead atoms. The van der Waals surface area contributed by atoms with Crippen molar-refractivity contribution in [3.05, 3.63) is 63.9 Å². The molecule has 4 nitrogen and oxygen atoms in total. The highest BCUT2D eigenvalue weighted by atomic mass is 79.9. The van der Waals surface area contributed by atoms with Gasteiger partial charge in [0.05, 0.1) is 4.47 Å². The molecule has 0 amide bonds. The minimum absolute atomic E-state index is 0.0653.